The van der Waals surface area contributed by atoms with E-state index in [1.54, 1.807) is 11.3 Å². The minimum atomic E-state index is -0.229. The molecule has 2 aromatic carbocycles. The Labute approximate surface area is 180 Å². The number of aromatic nitrogens is 1. The van der Waals surface area contributed by atoms with E-state index in [0.29, 0.717) is 18.0 Å². The number of carbonyl (C=O) groups excluding carboxylic acids is 2. The molecule has 0 spiro atoms. The van der Waals surface area contributed by atoms with E-state index >= 15 is 0 Å². The molecule has 5 rings (SSSR count). The maximum Gasteiger partial charge on any atom is 0.292 e. The molecule has 2 aliphatic rings. The molecule has 154 valence electrons. The van der Waals surface area contributed by atoms with Crippen LogP contribution in [0.5, 0.6) is 0 Å². The van der Waals surface area contributed by atoms with Crippen molar-refractivity contribution in [1.82, 2.24) is 4.98 Å². The molecule has 0 radical (unpaired) electrons. The summed E-state index contributed by atoms with van der Waals surface area (Å²) in [6.07, 6.45) is 2.67. The van der Waals surface area contributed by atoms with Crippen molar-refractivity contribution in [3.05, 3.63) is 48.0 Å². The molecule has 2 amide bonds. The summed E-state index contributed by atoms with van der Waals surface area (Å²) in [5.74, 6) is 0.480. The third-order valence-electron chi connectivity index (χ3n) is 6.36. The molecular formula is C24H26N3O2S+. The molecule has 1 N–H and O–H groups in total. The first-order chi connectivity index (χ1) is 14.5. The number of likely N-dealkylation sites (tertiary alicyclic amines) is 1. The van der Waals surface area contributed by atoms with Gasteiger partial charge in [-0.25, -0.2) is 9.88 Å². The first-order valence-electron chi connectivity index (χ1n) is 10.7. The summed E-state index contributed by atoms with van der Waals surface area (Å²) < 4.78 is 1.17. The van der Waals surface area contributed by atoms with Crippen LogP contribution >= 0.6 is 11.3 Å². The second-order valence-electron chi connectivity index (χ2n) is 8.72. The van der Waals surface area contributed by atoms with Crippen molar-refractivity contribution < 1.29 is 14.5 Å². The SMILES string of the molecule is Cc1ccc2nc(-c3ccc(N4C(=O)C[C@@H]([NH+]5CCC[C@H](C)C5)C4=O)cc3)sc2c1. The van der Waals surface area contributed by atoms with Crippen LogP contribution in [-0.4, -0.2) is 35.9 Å². The molecule has 2 saturated heterocycles. The van der Waals surface area contributed by atoms with Crippen molar-refractivity contribution in [3.63, 3.8) is 0 Å². The Bertz CT molecular complexity index is 1120. The number of aryl methyl sites for hydroxylation is 1. The number of nitrogens with one attached hydrogen (secondary N) is 1. The molecule has 3 aromatic rings. The van der Waals surface area contributed by atoms with Gasteiger partial charge in [-0.05, 0) is 61.7 Å². The van der Waals surface area contributed by atoms with Gasteiger partial charge in [-0.2, -0.15) is 0 Å². The summed E-state index contributed by atoms with van der Waals surface area (Å²) in [6.45, 7) is 6.28. The van der Waals surface area contributed by atoms with Crippen LogP contribution in [0.25, 0.3) is 20.8 Å². The van der Waals surface area contributed by atoms with Crippen LogP contribution in [0.1, 0.15) is 31.7 Å². The Morgan fingerprint density at radius 3 is 2.70 bits per heavy atom. The number of amides is 2. The lowest BCUT2D eigenvalue weighted by Gasteiger charge is -2.31. The average molecular weight is 421 g/mol. The lowest BCUT2D eigenvalue weighted by molar-refractivity contribution is -0.923. The summed E-state index contributed by atoms with van der Waals surface area (Å²) in [6, 6.07) is 13.7. The van der Waals surface area contributed by atoms with Crippen LogP contribution in [-0.2, 0) is 9.59 Å². The topological polar surface area (TPSA) is 54.7 Å². The molecule has 2 aliphatic heterocycles. The first kappa shape index (κ1) is 19.4. The van der Waals surface area contributed by atoms with Gasteiger partial charge in [0, 0.05) is 11.5 Å². The number of thiazole rings is 1. The van der Waals surface area contributed by atoms with Crippen molar-refractivity contribution in [2.75, 3.05) is 18.0 Å². The lowest BCUT2D eigenvalue weighted by atomic mass is 9.98. The number of hydrogen-bond donors (Lipinski definition) is 1. The number of anilines is 1. The van der Waals surface area contributed by atoms with E-state index in [2.05, 4.69) is 26.0 Å². The van der Waals surface area contributed by atoms with Crippen LogP contribution in [0.2, 0.25) is 0 Å². The van der Waals surface area contributed by atoms with Gasteiger partial charge >= 0.3 is 0 Å². The number of hydrogen-bond acceptors (Lipinski definition) is 4. The van der Waals surface area contributed by atoms with Gasteiger partial charge in [-0.15, -0.1) is 11.3 Å². The van der Waals surface area contributed by atoms with Crippen molar-refractivity contribution in [1.29, 1.82) is 0 Å². The fourth-order valence-electron chi connectivity index (χ4n) is 4.78. The number of rotatable bonds is 3. The van der Waals surface area contributed by atoms with Crippen LogP contribution in [0, 0.1) is 12.8 Å². The largest absolute Gasteiger partial charge is 0.324 e. The molecule has 0 bridgehead atoms. The van der Waals surface area contributed by atoms with Gasteiger partial charge in [0.05, 0.1) is 35.4 Å². The average Bonchev–Trinajstić information content (AvgIpc) is 3.28. The molecule has 1 unspecified atom stereocenters. The summed E-state index contributed by atoms with van der Waals surface area (Å²) in [5, 5.41) is 0.950. The van der Waals surface area contributed by atoms with E-state index in [9.17, 15) is 9.59 Å². The molecule has 3 atom stereocenters. The molecular weight excluding hydrogens is 394 g/mol. The van der Waals surface area contributed by atoms with E-state index in [0.717, 1.165) is 35.6 Å². The lowest BCUT2D eigenvalue weighted by Crippen LogP contribution is -3.18. The maximum atomic E-state index is 13.1. The molecule has 0 aliphatic carbocycles. The van der Waals surface area contributed by atoms with Gasteiger partial charge in [-0.3, -0.25) is 9.59 Å². The van der Waals surface area contributed by atoms with E-state index in [1.165, 1.54) is 26.5 Å². The van der Waals surface area contributed by atoms with E-state index in [-0.39, 0.29) is 17.9 Å². The minimum absolute atomic E-state index is 0.0488. The first-order valence-corrected chi connectivity index (χ1v) is 11.5. The second kappa shape index (κ2) is 7.60. The van der Waals surface area contributed by atoms with Crippen LogP contribution in [0.3, 0.4) is 0 Å². The zero-order valence-electron chi connectivity index (χ0n) is 17.4. The Hall–Kier alpha value is -2.57. The van der Waals surface area contributed by atoms with Gasteiger partial charge < -0.3 is 4.90 Å². The summed E-state index contributed by atoms with van der Waals surface area (Å²) >= 11 is 1.66. The standard InChI is InChI=1S/C24H25N3O2S/c1-15-5-10-19-21(12-15)30-23(25-19)17-6-8-18(9-7-17)27-22(28)13-20(24(27)29)26-11-3-4-16(2)14-26/h5-10,12,16,20H,3-4,11,13-14H2,1-2H3/p+1/t16-,20+/m0/s1. The number of benzene rings is 2. The highest BCUT2D eigenvalue weighted by Crippen LogP contribution is 2.32. The van der Waals surface area contributed by atoms with Crippen molar-refractivity contribution in [2.24, 2.45) is 5.92 Å². The quantitative estimate of drug-likeness (QED) is 0.662. The van der Waals surface area contributed by atoms with E-state index in [4.69, 9.17) is 4.98 Å². The molecule has 0 saturated carbocycles. The number of piperidine rings is 1. The maximum absolute atomic E-state index is 13.1. The number of quaternary nitrogens is 1. The number of fused-ring (bicyclic) bond motifs is 1. The fraction of sp³-hybridized carbons (Fsp3) is 0.375. The number of carbonyl (C=O) groups is 2. The van der Waals surface area contributed by atoms with Crippen molar-refractivity contribution in [2.45, 2.75) is 39.2 Å². The molecule has 6 heteroatoms. The normalized spacial score (nSPS) is 24.7. The molecule has 2 fully saturated rings. The van der Waals surface area contributed by atoms with Crippen LogP contribution in [0.15, 0.2) is 42.5 Å². The summed E-state index contributed by atoms with van der Waals surface area (Å²) in [5.41, 5.74) is 3.89. The summed E-state index contributed by atoms with van der Waals surface area (Å²) in [7, 11) is 0. The minimum Gasteiger partial charge on any atom is -0.324 e. The second-order valence-corrected chi connectivity index (χ2v) is 9.75. The van der Waals surface area contributed by atoms with Gasteiger partial charge in [0.15, 0.2) is 6.04 Å². The monoisotopic (exact) mass is 420 g/mol. The van der Waals surface area contributed by atoms with E-state index in [1.807, 2.05) is 30.3 Å². The van der Waals surface area contributed by atoms with Gasteiger partial charge in [0.1, 0.15) is 5.01 Å². The molecule has 3 heterocycles. The van der Waals surface area contributed by atoms with Crippen LogP contribution in [0.4, 0.5) is 5.69 Å². The molecule has 30 heavy (non-hydrogen) atoms. The van der Waals surface area contributed by atoms with Gasteiger partial charge in [0.25, 0.3) is 5.91 Å². The molecule has 1 aromatic heterocycles. The fourth-order valence-corrected chi connectivity index (χ4v) is 5.85. The Morgan fingerprint density at radius 2 is 1.93 bits per heavy atom. The number of nitrogens with zero attached hydrogens (tertiary/aromatic N) is 2. The predicted molar refractivity (Wildman–Crippen MR) is 120 cm³/mol. The molecule has 5 nitrogen and oxygen atoms in total. The highest BCUT2D eigenvalue weighted by molar-refractivity contribution is 7.21. The van der Waals surface area contributed by atoms with Crippen LogP contribution < -0.4 is 9.80 Å². The highest BCUT2D eigenvalue weighted by Gasteiger charge is 2.46. The number of imide groups is 1. The highest BCUT2D eigenvalue weighted by atomic mass is 32.1. The Kier molecular flexibility index (Phi) is 4.91. The third-order valence-corrected chi connectivity index (χ3v) is 7.43. The van der Waals surface area contributed by atoms with E-state index < -0.39 is 0 Å². The van der Waals surface area contributed by atoms with Gasteiger partial charge in [0.2, 0.25) is 5.91 Å². The van der Waals surface area contributed by atoms with Gasteiger partial charge in [-0.1, -0.05) is 13.0 Å². The predicted octanol–water partition coefficient (Wildman–Crippen LogP) is 3.22. The smallest absolute Gasteiger partial charge is 0.292 e. The third kappa shape index (κ3) is 3.44. The van der Waals surface area contributed by atoms with Crippen molar-refractivity contribution >= 4 is 39.1 Å². The van der Waals surface area contributed by atoms with Crippen molar-refractivity contribution in [3.8, 4) is 10.6 Å². The Morgan fingerprint density at radius 1 is 1.13 bits per heavy atom. The Balaban J connectivity index is 1.38. The summed E-state index contributed by atoms with van der Waals surface area (Å²) in [4.78, 5) is 33.2. The zero-order valence-corrected chi connectivity index (χ0v) is 18.2. The zero-order chi connectivity index (χ0) is 20.8.